The summed E-state index contributed by atoms with van der Waals surface area (Å²) in [5.41, 5.74) is 5.32. The fourth-order valence-corrected chi connectivity index (χ4v) is 1.04. The minimum absolute atomic E-state index is 0.565. The smallest absolute Gasteiger partial charge is 0.320 e. The van der Waals surface area contributed by atoms with Gasteiger partial charge in [-0.15, -0.1) is 0 Å². The predicted molar refractivity (Wildman–Crippen MR) is 45.9 cm³/mol. The van der Waals surface area contributed by atoms with Crippen molar-refractivity contribution < 1.29 is 9.90 Å². The molecule has 4 N–H and O–H groups in total. The van der Waals surface area contributed by atoms with Crippen LogP contribution >= 0.6 is 0 Å². The van der Waals surface area contributed by atoms with Crippen LogP contribution in [0, 0.1) is 0 Å². The van der Waals surface area contributed by atoms with Crippen molar-refractivity contribution in [2.45, 2.75) is 37.8 Å². The molecule has 0 aromatic heterocycles. The molecule has 1 rings (SSSR count). The normalized spacial score (nSPS) is 19.1. The molecule has 0 aliphatic heterocycles. The van der Waals surface area contributed by atoms with E-state index in [4.69, 9.17) is 10.8 Å². The molecule has 1 aliphatic rings. The maximum atomic E-state index is 10.3. The summed E-state index contributed by atoms with van der Waals surface area (Å²) in [7, 11) is 0. The highest BCUT2D eigenvalue weighted by Gasteiger charge is 2.19. The van der Waals surface area contributed by atoms with Crippen LogP contribution in [-0.4, -0.2) is 29.7 Å². The van der Waals surface area contributed by atoms with Gasteiger partial charge in [0.15, 0.2) is 0 Å². The first-order chi connectivity index (χ1) is 5.70. The Labute approximate surface area is 72.1 Å². The molecular weight excluding hydrogens is 156 g/mol. The highest BCUT2D eigenvalue weighted by atomic mass is 16.4. The van der Waals surface area contributed by atoms with Crippen LogP contribution in [0.25, 0.3) is 0 Å². The molecule has 0 amide bonds. The highest BCUT2D eigenvalue weighted by molar-refractivity contribution is 5.72. The van der Waals surface area contributed by atoms with Crippen molar-refractivity contribution in [1.29, 1.82) is 0 Å². The van der Waals surface area contributed by atoms with Crippen molar-refractivity contribution in [1.82, 2.24) is 5.32 Å². The van der Waals surface area contributed by atoms with Gasteiger partial charge < -0.3 is 16.2 Å². The molecule has 0 radical (unpaired) electrons. The molecule has 1 aliphatic carbocycles. The zero-order valence-electron chi connectivity index (χ0n) is 7.12. The van der Waals surface area contributed by atoms with Crippen molar-refractivity contribution >= 4 is 5.97 Å². The van der Waals surface area contributed by atoms with E-state index in [2.05, 4.69) is 5.32 Å². The van der Waals surface area contributed by atoms with Crippen LogP contribution in [0.5, 0.6) is 0 Å². The molecule has 1 saturated carbocycles. The molecule has 1 fully saturated rings. The van der Waals surface area contributed by atoms with Crippen LogP contribution in [0.4, 0.5) is 0 Å². The lowest BCUT2D eigenvalue weighted by atomic mass is 10.2. The molecule has 0 heterocycles. The maximum Gasteiger partial charge on any atom is 0.320 e. The van der Waals surface area contributed by atoms with Gasteiger partial charge in [0.25, 0.3) is 0 Å². The van der Waals surface area contributed by atoms with Gasteiger partial charge in [0, 0.05) is 6.04 Å². The number of carboxylic acid groups (broad SMARTS) is 1. The molecule has 0 spiro atoms. The summed E-state index contributed by atoms with van der Waals surface area (Å²) in [5.74, 6) is -0.901. The number of nitrogens with two attached hydrogens (primary N) is 1. The number of nitrogens with one attached hydrogen (secondary N) is 1. The molecule has 4 nitrogen and oxygen atoms in total. The average Bonchev–Trinajstić information content (AvgIpc) is 2.80. The third-order valence-electron chi connectivity index (χ3n) is 2.02. The Morgan fingerprint density at radius 2 is 2.33 bits per heavy atom. The fourth-order valence-electron chi connectivity index (χ4n) is 1.04. The fraction of sp³-hybridized carbons (Fsp3) is 0.875. The Morgan fingerprint density at radius 1 is 1.67 bits per heavy atom. The molecule has 0 unspecified atom stereocenters. The molecule has 1 atom stereocenters. The maximum absolute atomic E-state index is 10.3. The van der Waals surface area contributed by atoms with Crippen LogP contribution in [0.15, 0.2) is 0 Å². The minimum Gasteiger partial charge on any atom is -0.480 e. The standard InChI is InChI=1S/C8H16N2O2/c9-7(8(11)12)2-1-5-10-6-3-4-6/h6-7,10H,1-5,9H2,(H,11,12)/t7-/m0/s1. The molecule has 4 heteroatoms. The summed E-state index contributed by atoms with van der Waals surface area (Å²) >= 11 is 0. The van der Waals surface area contributed by atoms with Crippen molar-refractivity contribution in [2.24, 2.45) is 5.73 Å². The zero-order valence-corrected chi connectivity index (χ0v) is 7.12. The Balaban J connectivity index is 1.89. The Bertz CT molecular complexity index is 157. The van der Waals surface area contributed by atoms with E-state index in [1.54, 1.807) is 0 Å². The van der Waals surface area contributed by atoms with E-state index in [0.717, 1.165) is 13.0 Å². The zero-order chi connectivity index (χ0) is 8.97. The molecule has 70 valence electrons. The average molecular weight is 172 g/mol. The summed E-state index contributed by atoms with van der Waals surface area (Å²) in [4.78, 5) is 10.3. The minimum atomic E-state index is -0.901. The van der Waals surface area contributed by atoms with Gasteiger partial charge in [0.2, 0.25) is 0 Å². The van der Waals surface area contributed by atoms with Crippen LogP contribution in [-0.2, 0) is 4.79 Å². The second kappa shape index (κ2) is 4.42. The van der Waals surface area contributed by atoms with Crippen LogP contribution < -0.4 is 11.1 Å². The van der Waals surface area contributed by atoms with E-state index in [1.807, 2.05) is 0 Å². The van der Waals surface area contributed by atoms with Crippen LogP contribution in [0.3, 0.4) is 0 Å². The molecule has 12 heavy (non-hydrogen) atoms. The molecular formula is C8H16N2O2. The summed E-state index contributed by atoms with van der Waals surface area (Å²) in [5, 5.41) is 11.8. The third kappa shape index (κ3) is 3.69. The number of carboxylic acids is 1. The van der Waals surface area contributed by atoms with Gasteiger partial charge in [0.1, 0.15) is 6.04 Å². The second-order valence-corrected chi connectivity index (χ2v) is 3.32. The lowest BCUT2D eigenvalue weighted by molar-refractivity contribution is -0.138. The first-order valence-corrected chi connectivity index (χ1v) is 4.42. The van der Waals surface area contributed by atoms with Crippen molar-refractivity contribution in [2.75, 3.05) is 6.54 Å². The van der Waals surface area contributed by atoms with Gasteiger partial charge >= 0.3 is 5.97 Å². The summed E-state index contributed by atoms with van der Waals surface area (Å²) in [6.07, 6.45) is 3.95. The quantitative estimate of drug-likeness (QED) is 0.490. The lowest BCUT2D eigenvalue weighted by Crippen LogP contribution is -2.31. The molecule has 0 aromatic carbocycles. The predicted octanol–water partition coefficient (Wildman–Crippen LogP) is -0.0695. The monoisotopic (exact) mass is 172 g/mol. The largest absolute Gasteiger partial charge is 0.480 e. The van der Waals surface area contributed by atoms with E-state index in [9.17, 15) is 4.79 Å². The van der Waals surface area contributed by atoms with Gasteiger partial charge in [0.05, 0.1) is 0 Å². The van der Waals surface area contributed by atoms with E-state index < -0.39 is 12.0 Å². The summed E-state index contributed by atoms with van der Waals surface area (Å²) in [6.45, 7) is 0.894. The highest BCUT2D eigenvalue weighted by Crippen LogP contribution is 2.18. The van der Waals surface area contributed by atoms with Crippen LogP contribution in [0.2, 0.25) is 0 Å². The van der Waals surface area contributed by atoms with E-state index in [-0.39, 0.29) is 0 Å². The van der Waals surface area contributed by atoms with E-state index in [0.29, 0.717) is 12.5 Å². The first-order valence-electron chi connectivity index (χ1n) is 4.42. The number of hydrogen-bond acceptors (Lipinski definition) is 3. The van der Waals surface area contributed by atoms with Crippen molar-refractivity contribution in [3.05, 3.63) is 0 Å². The van der Waals surface area contributed by atoms with Gasteiger partial charge in [-0.05, 0) is 32.2 Å². The van der Waals surface area contributed by atoms with E-state index in [1.165, 1.54) is 12.8 Å². The van der Waals surface area contributed by atoms with Gasteiger partial charge in [-0.1, -0.05) is 0 Å². The summed E-state index contributed by atoms with van der Waals surface area (Å²) < 4.78 is 0. The SMILES string of the molecule is N[C@@H](CCCNC1CC1)C(=O)O. The topological polar surface area (TPSA) is 75.3 Å². The Hall–Kier alpha value is -0.610. The molecule has 0 saturated heterocycles. The van der Waals surface area contributed by atoms with Gasteiger partial charge in [-0.25, -0.2) is 0 Å². The molecule has 0 bridgehead atoms. The van der Waals surface area contributed by atoms with E-state index >= 15 is 0 Å². The number of aliphatic carboxylic acids is 1. The Kier molecular flexibility index (Phi) is 3.49. The lowest BCUT2D eigenvalue weighted by Gasteiger charge is -2.05. The number of rotatable bonds is 6. The first kappa shape index (κ1) is 9.48. The number of hydrogen-bond donors (Lipinski definition) is 3. The van der Waals surface area contributed by atoms with Crippen LogP contribution in [0.1, 0.15) is 25.7 Å². The van der Waals surface area contributed by atoms with Crippen molar-refractivity contribution in [3.63, 3.8) is 0 Å². The second-order valence-electron chi connectivity index (χ2n) is 3.32. The van der Waals surface area contributed by atoms with Gasteiger partial charge in [-0.3, -0.25) is 4.79 Å². The molecule has 0 aromatic rings. The third-order valence-corrected chi connectivity index (χ3v) is 2.02. The summed E-state index contributed by atoms with van der Waals surface area (Å²) in [6, 6.07) is 0.0112. The van der Waals surface area contributed by atoms with Crippen molar-refractivity contribution in [3.8, 4) is 0 Å². The Morgan fingerprint density at radius 3 is 2.83 bits per heavy atom. The van der Waals surface area contributed by atoms with Gasteiger partial charge in [-0.2, -0.15) is 0 Å². The number of carbonyl (C=O) groups is 1.